The number of alkyl halides is 3. The Labute approximate surface area is 114 Å². The standard InChI is InChI=1S/C14H15F4NO/c1-19(9-5-2-3-6-9)13(20)10-7-4-8-11(12(10)15)14(16,17)18/h4,7-9H,2-3,5-6H2,1H3. The molecule has 0 heterocycles. The van der Waals surface area contributed by atoms with Gasteiger partial charge in [-0.05, 0) is 25.0 Å². The van der Waals surface area contributed by atoms with Gasteiger partial charge in [-0.15, -0.1) is 0 Å². The number of hydrogen-bond donors (Lipinski definition) is 0. The molecule has 0 aromatic heterocycles. The second-order valence-corrected chi connectivity index (χ2v) is 5.02. The molecule has 0 saturated heterocycles. The molecular weight excluding hydrogens is 274 g/mol. The SMILES string of the molecule is CN(C(=O)c1cccc(C(F)(F)F)c1F)C1CCCC1. The Bertz CT molecular complexity index is 506. The van der Waals surface area contributed by atoms with Crippen LogP contribution in [-0.4, -0.2) is 23.9 Å². The summed E-state index contributed by atoms with van der Waals surface area (Å²) in [5.74, 6) is -2.18. The van der Waals surface area contributed by atoms with Gasteiger partial charge in [-0.2, -0.15) is 13.2 Å². The molecule has 6 heteroatoms. The number of amides is 1. The van der Waals surface area contributed by atoms with E-state index < -0.39 is 29.0 Å². The maximum Gasteiger partial charge on any atom is 0.419 e. The summed E-state index contributed by atoms with van der Waals surface area (Å²) in [5.41, 5.74) is -1.92. The van der Waals surface area contributed by atoms with Crippen LogP contribution in [0.5, 0.6) is 0 Å². The number of carbonyl (C=O) groups is 1. The van der Waals surface area contributed by atoms with Crippen LogP contribution in [0.2, 0.25) is 0 Å². The third-order valence-electron chi connectivity index (χ3n) is 3.73. The molecule has 1 fully saturated rings. The fourth-order valence-corrected chi connectivity index (χ4v) is 2.56. The minimum atomic E-state index is -4.80. The van der Waals surface area contributed by atoms with Crippen molar-refractivity contribution in [2.75, 3.05) is 7.05 Å². The van der Waals surface area contributed by atoms with Crippen molar-refractivity contribution in [2.45, 2.75) is 37.9 Å². The molecule has 1 aliphatic carbocycles. The first kappa shape index (κ1) is 14.8. The molecule has 0 aliphatic heterocycles. The third kappa shape index (κ3) is 2.78. The molecule has 110 valence electrons. The van der Waals surface area contributed by atoms with Crippen LogP contribution < -0.4 is 0 Å². The molecule has 0 atom stereocenters. The van der Waals surface area contributed by atoms with E-state index in [1.165, 1.54) is 11.9 Å². The van der Waals surface area contributed by atoms with Gasteiger partial charge in [0, 0.05) is 13.1 Å². The zero-order valence-corrected chi connectivity index (χ0v) is 11.0. The third-order valence-corrected chi connectivity index (χ3v) is 3.73. The number of carbonyl (C=O) groups excluding carboxylic acids is 1. The molecule has 2 nitrogen and oxygen atoms in total. The summed E-state index contributed by atoms with van der Waals surface area (Å²) in [6, 6.07) is 2.78. The van der Waals surface area contributed by atoms with Gasteiger partial charge in [-0.25, -0.2) is 4.39 Å². The van der Waals surface area contributed by atoms with Crippen molar-refractivity contribution < 1.29 is 22.4 Å². The van der Waals surface area contributed by atoms with Crippen molar-refractivity contribution in [1.82, 2.24) is 4.90 Å². The van der Waals surface area contributed by atoms with Crippen molar-refractivity contribution in [3.63, 3.8) is 0 Å². The fourth-order valence-electron chi connectivity index (χ4n) is 2.56. The van der Waals surface area contributed by atoms with E-state index in [4.69, 9.17) is 0 Å². The van der Waals surface area contributed by atoms with Gasteiger partial charge >= 0.3 is 6.18 Å². The zero-order chi connectivity index (χ0) is 14.9. The maximum atomic E-state index is 13.9. The van der Waals surface area contributed by atoms with Gasteiger partial charge in [0.25, 0.3) is 5.91 Å². The van der Waals surface area contributed by atoms with E-state index in [2.05, 4.69) is 0 Å². The monoisotopic (exact) mass is 289 g/mol. The summed E-state index contributed by atoms with van der Waals surface area (Å²) in [4.78, 5) is 13.5. The molecule has 1 amide bonds. The number of nitrogens with zero attached hydrogens (tertiary/aromatic N) is 1. The van der Waals surface area contributed by atoms with E-state index in [0.717, 1.165) is 37.8 Å². The molecule has 0 radical (unpaired) electrons. The first-order valence-corrected chi connectivity index (χ1v) is 6.45. The highest BCUT2D eigenvalue weighted by atomic mass is 19.4. The molecule has 1 aromatic carbocycles. The number of hydrogen-bond acceptors (Lipinski definition) is 1. The minimum absolute atomic E-state index is 0.0172. The quantitative estimate of drug-likeness (QED) is 0.757. The van der Waals surface area contributed by atoms with Gasteiger partial charge < -0.3 is 4.90 Å². The predicted molar refractivity (Wildman–Crippen MR) is 65.8 cm³/mol. The lowest BCUT2D eigenvalue weighted by molar-refractivity contribution is -0.140. The van der Waals surface area contributed by atoms with Crippen LogP contribution >= 0.6 is 0 Å². The van der Waals surface area contributed by atoms with E-state index >= 15 is 0 Å². The molecular formula is C14H15F4NO. The summed E-state index contributed by atoms with van der Waals surface area (Å²) in [6.07, 6.45) is -1.22. The van der Waals surface area contributed by atoms with Crippen molar-refractivity contribution in [2.24, 2.45) is 0 Å². The molecule has 20 heavy (non-hydrogen) atoms. The Morgan fingerprint density at radius 2 is 1.85 bits per heavy atom. The lowest BCUT2D eigenvalue weighted by atomic mass is 10.1. The van der Waals surface area contributed by atoms with Gasteiger partial charge in [0.05, 0.1) is 11.1 Å². The van der Waals surface area contributed by atoms with Crippen LogP contribution in [0.3, 0.4) is 0 Å². The molecule has 0 unspecified atom stereocenters. The van der Waals surface area contributed by atoms with E-state index in [-0.39, 0.29) is 6.04 Å². The van der Waals surface area contributed by atoms with Gasteiger partial charge in [0.1, 0.15) is 5.82 Å². The van der Waals surface area contributed by atoms with Crippen LogP contribution in [0, 0.1) is 5.82 Å². The summed E-state index contributed by atoms with van der Waals surface area (Å²) in [7, 11) is 1.51. The van der Waals surface area contributed by atoms with Crippen molar-refractivity contribution >= 4 is 5.91 Å². The Morgan fingerprint density at radius 1 is 1.25 bits per heavy atom. The van der Waals surface area contributed by atoms with Gasteiger partial charge in [0.15, 0.2) is 0 Å². The van der Waals surface area contributed by atoms with Crippen LogP contribution in [0.25, 0.3) is 0 Å². The Balaban J connectivity index is 2.30. The molecule has 1 saturated carbocycles. The van der Waals surface area contributed by atoms with E-state index in [1.54, 1.807) is 0 Å². The number of benzene rings is 1. The second-order valence-electron chi connectivity index (χ2n) is 5.02. The molecule has 1 aliphatic rings. The smallest absolute Gasteiger partial charge is 0.339 e. The van der Waals surface area contributed by atoms with E-state index in [1.807, 2.05) is 0 Å². The van der Waals surface area contributed by atoms with Crippen LogP contribution in [-0.2, 0) is 6.18 Å². The highest BCUT2D eigenvalue weighted by molar-refractivity contribution is 5.94. The van der Waals surface area contributed by atoms with Gasteiger partial charge in [-0.3, -0.25) is 4.79 Å². The highest BCUT2D eigenvalue weighted by Gasteiger charge is 2.36. The number of rotatable bonds is 2. The van der Waals surface area contributed by atoms with Gasteiger partial charge in [0.2, 0.25) is 0 Å². The predicted octanol–water partition coefficient (Wildman–Crippen LogP) is 3.86. The van der Waals surface area contributed by atoms with Crippen LogP contribution in [0.4, 0.5) is 17.6 Å². The molecule has 0 bridgehead atoms. The van der Waals surface area contributed by atoms with Crippen molar-refractivity contribution in [1.29, 1.82) is 0 Å². The first-order valence-electron chi connectivity index (χ1n) is 6.45. The normalized spacial score (nSPS) is 16.4. The van der Waals surface area contributed by atoms with E-state index in [9.17, 15) is 22.4 Å². The lowest BCUT2D eigenvalue weighted by Crippen LogP contribution is -2.36. The minimum Gasteiger partial charge on any atom is -0.339 e. The Morgan fingerprint density at radius 3 is 2.40 bits per heavy atom. The fraction of sp³-hybridized carbons (Fsp3) is 0.500. The topological polar surface area (TPSA) is 20.3 Å². The van der Waals surface area contributed by atoms with Crippen LogP contribution in [0.15, 0.2) is 18.2 Å². The van der Waals surface area contributed by atoms with Crippen LogP contribution in [0.1, 0.15) is 41.6 Å². The van der Waals surface area contributed by atoms with Crippen molar-refractivity contribution in [3.05, 3.63) is 35.1 Å². The average Bonchev–Trinajstić information content (AvgIpc) is 2.89. The lowest BCUT2D eigenvalue weighted by Gasteiger charge is -2.25. The Hall–Kier alpha value is -1.59. The summed E-state index contributed by atoms with van der Waals surface area (Å²) >= 11 is 0. The zero-order valence-electron chi connectivity index (χ0n) is 11.0. The summed E-state index contributed by atoms with van der Waals surface area (Å²) < 4.78 is 51.8. The molecule has 0 spiro atoms. The molecule has 1 aromatic rings. The largest absolute Gasteiger partial charge is 0.419 e. The first-order chi connectivity index (χ1) is 9.32. The highest BCUT2D eigenvalue weighted by Crippen LogP contribution is 2.33. The molecule has 2 rings (SSSR count). The molecule has 0 N–H and O–H groups in total. The summed E-state index contributed by atoms with van der Waals surface area (Å²) in [5, 5.41) is 0. The van der Waals surface area contributed by atoms with Gasteiger partial charge in [-0.1, -0.05) is 18.9 Å². The Kier molecular flexibility index (Phi) is 4.01. The van der Waals surface area contributed by atoms with E-state index in [0.29, 0.717) is 6.07 Å². The average molecular weight is 289 g/mol. The second kappa shape index (κ2) is 5.42. The summed E-state index contributed by atoms with van der Waals surface area (Å²) in [6.45, 7) is 0. The number of halogens is 4. The maximum absolute atomic E-state index is 13.9. The van der Waals surface area contributed by atoms with Crippen molar-refractivity contribution in [3.8, 4) is 0 Å².